The Bertz CT molecular complexity index is 625. The summed E-state index contributed by atoms with van der Waals surface area (Å²) in [6.45, 7) is 5.92. The molecule has 1 aromatic carbocycles. The van der Waals surface area contributed by atoms with E-state index in [9.17, 15) is 4.79 Å². The van der Waals surface area contributed by atoms with Crippen molar-refractivity contribution in [2.75, 3.05) is 5.32 Å². The van der Waals surface area contributed by atoms with E-state index in [4.69, 9.17) is 0 Å². The number of anilines is 2. The van der Waals surface area contributed by atoms with Crippen LogP contribution in [0.2, 0.25) is 0 Å². The predicted octanol–water partition coefficient (Wildman–Crippen LogP) is 2.92. The van der Waals surface area contributed by atoms with Crippen LogP contribution in [0.15, 0.2) is 36.5 Å². The number of nitrogens with one attached hydrogen (secondary N) is 2. The third kappa shape index (κ3) is 4.02. The highest BCUT2D eigenvalue weighted by molar-refractivity contribution is 5.92. The number of hydrogen-bond donors (Lipinski definition) is 2. The normalized spacial score (nSPS) is 10.5. The number of carbonyl (C=O) groups is 1. The molecule has 0 saturated carbocycles. The molecule has 21 heavy (non-hydrogen) atoms. The van der Waals surface area contributed by atoms with Crippen molar-refractivity contribution in [2.45, 2.75) is 33.2 Å². The van der Waals surface area contributed by atoms with Crippen molar-refractivity contribution in [3.05, 3.63) is 47.8 Å². The fourth-order valence-electron chi connectivity index (χ4n) is 1.95. The number of amides is 1. The van der Waals surface area contributed by atoms with Gasteiger partial charge >= 0.3 is 0 Å². The molecule has 0 atom stereocenters. The Balaban J connectivity index is 2.20. The molecule has 5 nitrogen and oxygen atoms in total. The van der Waals surface area contributed by atoms with Crippen LogP contribution in [0.3, 0.4) is 0 Å². The minimum absolute atomic E-state index is 0.0738. The van der Waals surface area contributed by atoms with Crippen molar-refractivity contribution in [3.63, 3.8) is 0 Å². The van der Waals surface area contributed by atoms with E-state index in [1.165, 1.54) is 5.56 Å². The molecular weight excluding hydrogens is 264 g/mol. The Labute approximate surface area is 124 Å². The smallest absolute Gasteiger partial charge is 0.270 e. The molecular formula is C16H20N4O. The first kappa shape index (κ1) is 15.0. The number of para-hydroxylation sites is 1. The average Bonchev–Trinajstić information content (AvgIpc) is 2.47. The van der Waals surface area contributed by atoms with Crippen LogP contribution in [-0.4, -0.2) is 21.9 Å². The van der Waals surface area contributed by atoms with Gasteiger partial charge < -0.3 is 10.6 Å². The first-order chi connectivity index (χ1) is 10.1. The van der Waals surface area contributed by atoms with Crippen LogP contribution in [0.4, 0.5) is 11.6 Å². The Morgan fingerprint density at radius 2 is 2.00 bits per heavy atom. The van der Waals surface area contributed by atoms with Crippen molar-refractivity contribution in [1.82, 2.24) is 15.3 Å². The van der Waals surface area contributed by atoms with Crippen LogP contribution in [0, 0.1) is 0 Å². The van der Waals surface area contributed by atoms with Crippen molar-refractivity contribution in [2.24, 2.45) is 0 Å². The quantitative estimate of drug-likeness (QED) is 0.886. The number of carbonyl (C=O) groups excluding carboxylic acids is 1. The first-order valence-corrected chi connectivity index (χ1v) is 7.09. The Morgan fingerprint density at radius 1 is 1.24 bits per heavy atom. The molecule has 0 aliphatic carbocycles. The van der Waals surface area contributed by atoms with Crippen LogP contribution >= 0.6 is 0 Å². The van der Waals surface area contributed by atoms with Crippen LogP contribution < -0.4 is 10.6 Å². The number of aromatic nitrogens is 2. The molecule has 110 valence electrons. The molecule has 0 radical (unpaired) electrons. The van der Waals surface area contributed by atoms with Gasteiger partial charge in [-0.05, 0) is 38.0 Å². The molecule has 2 rings (SSSR count). The summed E-state index contributed by atoms with van der Waals surface area (Å²) in [5, 5.41) is 5.99. The van der Waals surface area contributed by atoms with Gasteiger partial charge in [-0.3, -0.25) is 4.79 Å². The maximum atomic E-state index is 12.0. The van der Waals surface area contributed by atoms with Gasteiger partial charge in [0.05, 0.1) is 0 Å². The van der Waals surface area contributed by atoms with E-state index in [1.54, 1.807) is 12.3 Å². The Morgan fingerprint density at radius 3 is 2.71 bits per heavy atom. The number of aryl methyl sites for hydroxylation is 1. The highest BCUT2D eigenvalue weighted by Crippen LogP contribution is 2.18. The minimum atomic E-state index is -0.195. The fraction of sp³-hybridized carbons (Fsp3) is 0.312. The zero-order valence-corrected chi connectivity index (χ0v) is 12.6. The molecule has 1 amide bonds. The second kappa shape index (κ2) is 6.83. The Hall–Kier alpha value is -2.43. The summed E-state index contributed by atoms with van der Waals surface area (Å²) in [7, 11) is 0. The van der Waals surface area contributed by atoms with Crippen molar-refractivity contribution in [3.8, 4) is 0 Å². The summed E-state index contributed by atoms with van der Waals surface area (Å²) in [5.41, 5.74) is 2.50. The van der Waals surface area contributed by atoms with Gasteiger partial charge in [-0.2, -0.15) is 0 Å². The third-order valence-electron chi connectivity index (χ3n) is 2.95. The van der Waals surface area contributed by atoms with Gasteiger partial charge in [-0.15, -0.1) is 0 Å². The molecule has 0 spiro atoms. The van der Waals surface area contributed by atoms with Crippen molar-refractivity contribution < 1.29 is 4.79 Å². The molecule has 0 unspecified atom stereocenters. The lowest BCUT2D eigenvalue weighted by molar-refractivity contribution is 0.0938. The van der Waals surface area contributed by atoms with E-state index in [2.05, 4.69) is 33.6 Å². The van der Waals surface area contributed by atoms with E-state index in [0.29, 0.717) is 11.6 Å². The van der Waals surface area contributed by atoms with Crippen LogP contribution in [0.25, 0.3) is 0 Å². The summed E-state index contributed by atoms with van der Waals surface area (Å²) in [6.07, 6.45) is 2.50. The molecule has 2 aromatic rings. The van der Waals surface area contributed by atoms with E-state index in [1.807, 2.05) is 32.0 Å². The van der Waals surface area contributed by atoms with Gasteiger partial charge in [0.2, 0.25) is 5.95 Å². The monoisotopic (exact) mass is 284 g/mol. The summed E-state index contributed by atoms with van der Waals surface area (Å²) < 4.78 is 0. The average molecular weight is 284 g/mol. The second-order valence-corrected chi connectivity index (χ2v) is 5.03. The van der Waals surface area contributed by atoms with Crippen molar-refractivity contribution in [1.29, 1.82) is 0 Å². The summed E-state index contributed by atoms with van der Waals surface area (Å²) in [6, 6.07) is 9.66. The van der Waals surface area contributed by atoms with Gasteiger partial charge in [-0.1, -0.05) is 25.1 Å². The third-order valence-corrected chi connectivity index (χ3v) is 2.95. The second-order valence-electron chi connectivity index (χ2n) is 5.03. The zero-order chi connectivity index (χ0) is 15.2. The number of benzene rings is 1. The number of rotatable bonds is 5. The predicted molar refractivity (Wildman–Crippen MR) is 83.7 cm³/mol. The van der Waals surface area contributed by atoms with Gasteiger partial charge in [0, 0.05) is 17.9 Å². The van der Waals surface area contributed by atoms with Crippen LogP contribution in [0.5, 0.6) is 0 Å². The summed E-state index contributed by atoms with van der Waals surface area (Å²) in [4.78, 5) is 20.4. The van der Waals surface area contributed by atoms with E-state index >= 15 is 0 Å². The maximum Gasteiger partial charge on any atom is 0.270 e. The zero-order valence-electron chi connectivity index (χ0n) is 12.6. The van der Waals surface area contributed by atoms with E-state index in [0.717, 1.165) is 12.1 Å². The SMILES string of the molecule is CCc1ccccc1Nc1nccc(C(=O)NC(C)C)n1. The largest absolute Gasteiger partial charge is 0.349 e. The summed E-state index contributed by atoms with van der Waals surface area (Å²) in [5.74, 6) is 0.228. The molecule has 0 fully saturated rings. The lowest BCUT2D eigenvalue weighted by Gasteiger charge is -2.11. The molecule has 1 aromatic heterocycles. The minimum Gasteiger partial charge on any atom is -0.349 e. The molecule has 0 aliphatic heterocycles. The standard InChI is InChI=1S/C16H20N4O/c1-4-12-7-5-6-8-13(12)19-16-17-10-9-14(20-16)15(21)18-11(2)3/h5-11H,4H2,1-3H3,(H,18,21)(H,17,19,20). The number of nitrogens with zero attached hydrogens (tertiary/aromatic N) is 2. The van der Waals surface area contributed by atoms with Crippen LogP contribution in [0.1, 0.15) is 36.8 Å². The molecule has 2 N–H and O–H groups in total. The molecule has 5 heteroatoms. The topological polar surface area (TPSA) is 66.9 Å². The first-order valence-electron chi connectivity index (χ1n) is 7.09. The van der Waals surface area contributed by atoms with Crippen LogP contribution in [-0.2, 0) is 6.42 Å². The molecule has 1 heterocycles. The molecule has 0 aliphatic rings. The fourth-order valence-corrected chi connectivity index (χ4v) is 1.95. The number of hydrogen-bond acceptors (Lipinski definition) is 4. The highest BCUT2D eigenvalue weighted by atomic mass is 16.1. The summed E-state index contributed by atoms with van der Waals surface area (Å²) >= 11 is 0. The van der Waals surface area contributed by atoms with Gasteiger partial charge in [-0.25, -0.2) is 9.97 Å². The van der Waals surface area contributed by atoms with Gasteiger partial charge in [0.15, 0.2) is 0 Å². The Kier molecular flexibility index (Phi) is 4.87. The van der Waals surface area contributed by atoms with Crippen molar-refractivity contribution >= 4 is 17.5 Å². The lowest BCUT2D eigenvalue weighted by atomic mass is 10.1. The van der Waals surface area contributed by atoms with E-state index < -0.39 is 0 Å². The van der Waals surface area contributed by atoms with E-state index in [-0.39, 0.29) is 11.9 Å². The van der Waals surface area contributed by atoms with Gasteiger partial charge in [0.25, 0.3) is 5.91 Å². The molecule has 0 bridgehead atoms. The van der Waals surface area contributed by atoms with Gasteiger partial charge in [0.1, 0.15) is 5.69 Å². The lowest BCUT2D eigenvalue weighted by Crippen LogP contribution is -2.30. The maximum absolute atomic E-state index is 12.0. The highest BCUT2D eigenvalue weighted by Gasteiger charge is 2.10. The molecule has 0 saturated heterocycles.